The molecule has 0 aromatic carbocycles. The van der Waals surface area contributed by atoms with Gasteiger partial charge in [0.2, 0.25) is 0 Å². The van der Waals surface area contributed by atoms with Crippen molar-refractivity contribution in [2.24, 2.45) is 10.4 Å². The molecule has 0 aliphatic heterocycles. The summed E-state index contributed by atoms with van der Waals surface area (Å²) in [6, 6.07) is 0. The molecule has 1 aliphatic rings. The van der Waals surface area contributed by atoms with Crippen LogP contribution in [0.1, 0.15) is 46.5 Å². The molecule has 0 saturated heterocycles. The zero-order valence-corrected chi connectivity index (χ0v) is 14.2. The highest BCUT2D eigenvalue weighted by atomic mass is 32.2. The second-order valence-corrected chi connectivity index (χ2v) is 9.17. The normalized spacial score (nSPS) is 19.4. The van der Waals surface area contributed by atoms with Crippen molar-refractivity contribution in [3.8, 4) is 0 Å². The van der Waals surface area contributed by atoms with Gasteiger partial charge in [0.05, 0.1) is 4.75 Å². The molecular weight excluding hydrogens is 274 g/mol. The molecule has 0 bridgehead atoms. The van der Waals surface area contributed by atoms with Crippen LogP contribution in [0.5, 0.6) is 0 Å². The van der Waals surface area contributed by atoms with E-state index < -0.39 is 14.6 Å². The molecule has 1 aliphatic carbocycles. The number of rotatable bonds is 6. The van der Waals surface area contributed by atoms with Crippen LogP contribution in [0.2, 0.25) is 0 Å². The van der Waals surface area contributed by atoms with Crippen LogP contribution in [0.15, 0.2) is 4.99 Å². The lowest BCUT2D eigenvalue weighted by Crippen LogP contribution is -2.50. The first-order valence-electron chi connectivity index (χ1n) is 7.30. The van der Waals surface area contributed by atoms with Crippen molar-refractivity contribution in [1.82, 2.24) is 10.6 Å². The van der Waals surface area contributed by atoms with Gasteiger partial charge in [-0.15, -0.1) is 0 Å². The third-order valence-electron chi connectivity index (χ3n) is 4.70. The number of hydrogen-bond acceptors (Lipinski definition) is 3. The number of hydrogen-bond donors (Lipinski definition) is 2. The number of aliphatic imine (C=N–C) groups is 1. The van der Waals surface area contributed by atoms with E-state index in [9.17, 15) is 8.42 Å². The average molecular weight is 303 g/mol. The molecule has 0 unspecified atom stereocenters. The molecule has 0 atom stereocenters. The van der Waals surface area contributed by atoms with Crippen LogP contribution >= 0.6 is 0 Å². The number of sulfone groups is 1. The summed E-state index contributed by atoms with van der Waals surface area (Å²) in [4.78, 5) is 4.17. The first-order valence-corrected chi connectivity index (χ1v) is 9.19. The lowest BCUT2D eigenvalue weighted by molar-refractivity contribution is 0.131. The molecule has 1 fully saturated rings. The summed E-state index contributed by atoms with van der Waals surface area (Å²) < 4.78 is 22.5. The van der Waals surface area contributed by atoms with E-state index in [4.69, 9.17) is 0 Å². The van der Waals surface area contributed by atoms with Crippen LogP contribution in [0, 0.1) is 5.41 Å². The molecule has 118 valence electrons. The van der Waals surface area contributed by atoms with Crippen LogP contribution in [-0.2, 0) is 9.84 Å². The molecule has 2 N–H and O–H groups in total. The van der Waals surface area contributed by atoms with Crippen LogP contribution < -0.4 is 10.6 Å². The summed E-state index contributed by atoms with van der Waals surface area (Å²) in [5, 5.41) is 6.45. The van der Waals surface area contributed by atoms with E-state index in [1.54, 1.807) is 20.9 Å². The predicted molar refractivity (Wildman–Crippen MR) is 84.9 cm³/mol. The minimum atomic E-state index is -3.09. The highest BCUT2D eigenvalue weighted by Gasteiger charge is 2.35. The molecule has 1 rings (SSSR count). The van der Waals surface area contributed by atoms with E-state index in [0.717, 1.165) is 6.54 Å². The summed E-state index contributed by atoms with van der Waals surface area (Å²) in [5.74, 6) is 0.682. The van der Waals surface area contributed by atoms with Gasteiger partial charge in [-0.25, -0.2) is 8.42 Å². The third kappa shape index (κ3) is 4.11. The second-order valence-electron chi connectivity index (χ2n) is 6.52. The Balaban J connectivity index is 2.49. The zero-order chi connectivity index (χ0) is 15.4. The summed E-state index contributed by atoms with van der Waals surface area (Å²) in [6.07, 6.45) is 6.28. The molecule has 0 heterocycles. The zero-order valence-electron chi connectivity index (χ0n) is 13.4. The van der Waals surface area contributed by atoms with E-state index in [0.29, 0.717) is 17.9 Å². The van der Waals surface area contributed by atoms with Crippen molar-refractivity contribution >= 4 is 15.8 Å². The molecule has 20 heavy (non-hydrogen) atoms. The fourth-order valence-corrected chi connectivity index (χ4v) is 2.59. The van der Waals surface area contributed by atoms with Gasteiger partial charge in [-0.1, -0.05) is 13.3 Å². The molecule has 1 saturated carbocycles. The summed E-state index contributed by atoms with van der Waals surface area (Å²) in [7, 11) is -1.38. The van der Waals surface area contributed by atoms with Gasteiger partial charge < -0.3 is 10.6 Å². The number of nitrogens with zero attached hydrogens (tertiary/aromatic N) is 1. The van der Waals surface area contributed by atoms with Gasteiger partial charge in [0.15, 0.2) is 15.8 Å². The molecule has 0 amide bonds. The maximum Gasteiger partial charge on any atom is 0.191 e. The maximum absolute atomic E-state index is 11.7. The minimum absolute atomic E-state index is 0.352. The van der Waals surface area contributed by atoms with Gasteiger partial charge in [-0.2, -0.15) is 0 Å². The Bertz CT molecular complexity index is 446. The summed E-state index contributed by atoms with van der Waals surface area (Å²) in [6.45, 7) is 6.93. The Morgan fingerprint density at radius 3 is 2.25 bits per heavy atom. The lowest BCUT2D eigenvalue weighted by Gasteiger charge is -2.41. The van der Waals surface area contributed by atoms with Crippen molar-refractivity contribution in [3.63, 3.8) is 0 Å². The quantitative estimate of drug-likeness (QED) is 0.577. The summed E-state index contributed by atoms with van der Waals surface area (Å²) in [5.41, 5.74) is 0.407. The molecular formula is C14H29N3O2S. The Kier molecular flexibility index (Phi) is 5.46. The first-order chi connectivity index (χ1) is 9.16. The highest BCUT2D eigenvalue weighted by molar-refractivity contribution is 7.92. The Hall–Kier alpha value is -0.780. The highest BCUT2D eigenvalue weighted by Crippen LogP contribution is 2.42. The van der Waals surface area contributed by atoms with E-state index in [-0.39, 0.29) is 0 Å². The molecule has 0 spiro atoms. The molecule has 0 aromatic rings. The van der Waals surface area contributed by atoms with Crippen molar-refractivity contribution in [3.05, 3.63) is 0 Å². The standard InChI is InChI=1S/C14H29N3O2S/c1-6-14(8-7-9-14)11-17-12(15-4)16-10-13(2,3)20(5,18)19/h6-11H2,1-5H3,(H2,15,16,17). The van der Waals surface area contributed by atoms with Gasteiger partial charge >= 0.3 is 0 Å². The number of nitrogens with one attached hydrogen (secondary N) is 2. The van der Waals surface area contributed by atoms with Crippen molar-refractivity contribution in [2.75, 3.05) is 26.4 Å². The first kappa shape index (κ1) is 17.3. The fourth-order valence-electron chi connectivity index (χ4n) is 2.25. The van der Waals surface area contributed by atoms with Gasteiger partial charge in [-0.05, 0) is 38.5 Å². The molecule has 5 nitrogen and oxygen atoms in total. The molecule has 0 aromatic heterocycles. The van der Waals surface area contributed by atoms with E-state index >= 15 is 0 Å². The second kappa shape index (κ2) is 6.33. The van der Waals surface area contributed by atoms with E-state index in [1.807, 2.05) is 0 Å². The Labute approximate surface area is 123 Å². The Morgan fingerprint density at radius 1 is 1.30 bits per heavy atom. The third-order valence-corrected chi connectivity index (χ3v) is 6.86. The summed E-state index contributed by atoms with van der Waals surface area (Å²) >= 11 is 0. The van der Waals surface area contributed by atoms with Crippen LogP contribution in [0.3, 0.4) is 0 Å². The largest absolute Gasteiger partial charge is 0.356 e. The minimum Gasteiger partial charge on any atom is -0.356 e. The van der Waals surface area contributed by atoms with Crippen LogP contribution in [-0.4, -0.2) is 45.5 Å². The van der Waals surface area contributed by atoms with E-state index in [1.165, 1.54) is 31.9 Å². The van der Waals surface area contributed by atoms with Crippen molar-refractivity contribution < 1.29 is 8.42 Å². The molecule has 6 heteroatoms. The maximum atomic E-state index is 11.7. The van der Waals surface area contributed by atoms with Crippen molar-refractivity contribution in [1.29, 1.82) is 0 Å². The molecule has 0 radical (unpaired) electrons. The average Bonchev–Trinajstić information content (AvgIpc) is 2.30. The van der Waals surface area contributed by atoms with Gasteiger partial charge in [0.1, 0.15) is 0 Å². The fraction of sp³-hybridized carbons (Fsp3) is 0.929. The van der Waals surface area contributed by atoms with Crippen molar-refractivity contribution in [2.45, 2.75) is 51.2 Å². The van der Waals surface area contributed by atoms with Gasteiger partial charge in [-0.3, -0.25) is 4.99 Å². The smallest absolute Gasteiger partial charge is 0.191 e. The Morgan fingerprint density at radius 2 is 1.90 bits per heavy atom. The van der Waals surface area contributed by atoms with Crippen LogP contribution in [0.25, 0.3) is 0 Å². The predicted octanol–water partition coefficient (Wildman–Crippen LogP) is 1.55. The van der Waals surface area contributed by atoms with Crippen LogP contribution in [0.4, 0.5) is 0 Å². The SMILES string of the molecule is CCC1(CNC(=NC)NCC(C)(C)S(C)(=O)=O)CCC1. The van der Waals surface area contributed by atoms with E-state index in [2.05, 4.69) is 22.5 Å². The van der Waals surface area contributed by atoms with Gasteiger partial charge in [0, 0.05) is 26.4 Å². The monoisotopic (exact) mass is 303 g/mol. The number of guanidine groups is 1. The lowest BCUT2D eigenvalue weighted by atomic mass is 9.67. The topological polar surface area (TPSA) is 70.6 Å². The van der Waals surface area contributed by atoms with Gasteiger partial charge in [0.25, 0.3) is 0 Å².